The van der Waals surface area contributed by atoms with Crippen molar-refractivity contribution in [2.24, 2.45) is 0 Å². The minimum atomic E-state index is -0.225. The molecule has 0 aliphatic carbocycles. The smallest absolute Gasteiger partial charge is 0.251 e. The highest BCUT2D eigenvalue weighted by molar-refractivity contribution is 5.95. The Labute approximate surface area is 164 Å². The Morgan fingerprint density at radius 2 is 1.75 bits per heavy atom. The number of rotatable bonds is 8. The molecule has 3 rings (SSSR count). The number of ether oxygens (including phenoxy) is 3. The molecule has 1 amide bonds. The molecule has 0 bridgehead atoms. The summed E-state index contributed by atoms with van der Waals surface area (Å²) in [7, 11) is 3.09. The summed E-state index contributed by atoms with van der Waals surface area (Å²) in [5.41, 5.74) is 0.463. The van der Waals surface area contributed by atoms with Gasteiger partial charge in [0.05, 0.1) is 20.8 Å². The lowest BCUT2D eigenvalue weighted by Gasteiger charge is -2.17. The van der Waals surface area contributed by atoms with Crippen LogP contribution in [-0.2, 0) is 0 Å². The van der Waals surface area contributed by atoms with Crippen molar-refractivity contribution in [3.63, 3.8) is 0 Å². The van der Waals surface area contributed by atoms with E-state index < -0.39 is 0 Å². The summed E-state index contributed by atoms with van der Waals surface area (Å²) >= 11 is 0. The highest BCUT2D eigenvalue weighted by Crippen LogP contribution is 2.23. The Kier molecular flexibility index (Phi) is 6.52. The molecule has 0 saturated carbocycles. The van der Waals surface area contributed by atoms with Gasteiger partial charge in [0.1, 0.15) is 29.7 Å². The topological polar surface area (TPSA) is 85.8 Å². The normalized spacial score (nSPS) is 13.3. The van der Waals surface area contributed by atoms with Crippen LogP contribution in [0.2, 0.25) is 0 Å². The van der Waals surface area contributed by atoms with Crippen molar-refractivity contribution in [1.29, 1.82) is 0 Å². The summed E-state index contributed by atoms with van der Waals surface area (Å²) in [4.78, 5) is 23.4. The minimum Gasteiger partial charge on any atom is -0.497 e. The predicted molar refractivity (Wildman–Crippen MR) is 106 cm³/mol. The fourth-order valence-corrected chi connectivity index (χ4v) is 3.07. The van der Waals surface area contributed by atoms with Gasteiger partial charge in [-0.05, 0) is 31.9 Å². The van der Waals surface area contributed by atoms with E-state index in [0.717, 1.165) is 18.9 Å². The highest BCUT2D eigenvalue weighted by Gasteiger charge is 2.15. The van der Waals surface area contributed by atoms with E-state index in [4.69, 9.17) is 14.2 Å². The van der Waals surface area contributed by atoms with Crippen LogP contribution >= 0.6 is 0 Å². The lowest BCUT2D eigenvalue weighted by molar-refractivity contribution is 0.0946. The third-order valence-electron chi connectivity index (χ3n) is 4.48. The molecular formula is C20H26N4O4. The zero-order chi connectivity index (χ0) is 19.9. The van der Waals surface area contributed by atoms with Crippen molar-refractivity contribution in [2.75, 3.05) is 45.4 Å². The Balaban J connectivity index is 1.54. The largest absolute Gasteiger partial charge is 0.497 e. The van der Waals surface area contributed by atoms with Crippen LogP contribution in [0.25, 0.3) is 0 Å². The summed E-state index contributed by atoms with van der Waals surface area (Å²) in [6.45, 7) is 4.53. The molecule has 1 N–H and O–H groups in total. The number of nitrogens with one attached hydrogen (secondary N) is 1. The minimum absolute atomic E-state index is 0.225. The Morgan fingerprint density at radius 1 is 1.07 bits per heavy atom. The van der Waals surface area contributed by atoms with Gasteiger partial charge in [-0.3, -0.25) is 4.79 Å². The SMILES string of the molecule is COc1cc(OC)cc(C(=O)NCCOc2cc(N3CCCC3)nc(C)n2)c1. The number of nitrogens with zero attached hydrogens (tertiary/aromatic N) is 3. The van der Waals surface area contributed by atoms with Gasteiger partial charge in [-0.2, -0.15) is 4.98 Å². The van der Waals surface area contributed by atoms with Crippen LogP contribution in [-0.4, -0.2) is 56.3 Å². The molecule has 2 heterocycles. The molecule has 1 aromatic carbocycles. The van der Waals surface area contributed by atoms with E-state index in [0.29, 0.717) is 41.9 Å². The summed E-state index contributed by atoms with van der Waals surface area (Å²) in [6.07, 6.45) is 2.36. The molecule has 28 heavy (non-hydrogen) atoms. The van der Waals surface area contributed by atoms with E-state index in [-0.39, 0.29) is 5.91 Å². The molecule has 1 saturated heterocycles. The highest BCUT2D eigenvalue weighted by atomic mass is 16.5. The number of carbonyl (C=O) groups is 1. The second kappa shape index (κ2) is 9.25. The average molecular weight is 386 g/mol. The maximum Gasteiger partial charge on any atom is 0.251 e. The molecule has 8 nitrogen and oxygen atoms in total. The quantitative estimate of drug-likeness (QED) is 0.696. The third-order valence-corrected chi connectivity index (χ3v) is 4.48. The average Bonchev–Trinajstić information content (AvgIpc) is 3.25. The molecule has 0 atom stereocenters. The van der Waals surface area contributed by atoms with Crippen molar-refractivity contribution in [2.45, 2.75) is 19.8 Å². The first-order valence-corrected chi connectivity index (χ1v) is 9.34. The number of methoxy groups -OCH3 is 2. The zero-order valence-corrected chi connectivity index (χ0v) is 16.5. The predicted octanol–water partition coefficient (Wildman–Crippen LogP) is 2.21. The van der Waals surface area contributed by atoms with Gasteiger partial charge in [0.2, 0.25) is 5.88 Å². The number of anilines is 1. The van der Waals surface area contributed by atoms with Gasteiger partial charge < -0.3 is 24.4 Å². The Morgan fingerprint density at radius 3 is 2.39 bits per heavy atom. The number of aromatic nitrogens is 2. The van der Waals surface area contributed by atoms with Crippen LogP contribution in [0, 0.1) is 6.92 Å². The van der Waals surface area contributed by atoms with Gasteiger partial charge in [0, 0.05) is 30.8 Å². The van der Waals surface area contributed by atoms with Gasteiger partial charge in [-0.15, -0.1) is 0 Å². The first-order valence-electron chi connectivity index (χ1n) is 9.34. The van der Waals surface area contributed by atoms with Crippen molar-refractivity contribution < 1.29 is 19.0 Å². The number of carbonyl (C=O) groups excluding carboxylic acids is 1. The number of amides is 1. The van der Waals surface area contributed by atoms with Crippen LogP contribution in [0.4, 0.5) is 5.82 Å². The summed E-state index contributed by atoms with van der Waals surface area (Å²) in [5.74, 6) is 2.99. The summed E-state index contributed by atoms with van der Waals surface area (Å²) < 4.78 is 16.1. The molecule has 0 radical (unpaired) electrons. The number of hydrogen-bond donors (Lipinski definition) is 1. The number of aryl methyl sites for hydroxylation is 1. The van der Waals surface area contributed by atoms with Crippen LogP contribution < -0.4 is 24.4 Å². The first kappa shape index (κ1) is 19.7. The fraction of sp³-hybridized carbons (Fsp3) is 0.450. The molecule has 1 aliphatic rings. The van der Waals surface area contributed by atoms with E-state index in [9.17, 15) is 4.79 Å². The first-order chi connectivity index (χ1) is 13.6. The van der Waals surface area contributed by atoms with Gasteiger partial charge in [0.25, 0.3) is 5.91 Å². The van der Waals surface area contributed by atoms with Crippen molar-refractivity contribution in [3.8, 4) is 17.4 Å². The summed E-state index contributed by atoms with van der Waals surface area (Å²) in [6, 6.07) is 6.89. The van der Waals surface area contributed by atoms with E-state index >= 15 is 0 Å². The standard InChI is InChI=1S/C20H26N4O4/c1-14-22-18(24-7-4-5-8-24)13-19(23-14)28-9-6-21-20(25)15-10-16(26-2)12-17(11-15)27-3/h10-13H,4-9H2,1-3H3,(H,21,25). The Bertz CT molecular complexity index is 800. The number of hydrogen-bond acceptors (Lipinski definition) is 7. The second-order valence-electron chi connectivity index (χ2n) is 6.51. The third kappa shape index (κ3) is 5.03. The van der Waals surface area contributed by atoms with E-state index in [2.05, 4.69) is 20.2 Å². The number of benzene rings is 1. The van der Waals surface area contributed by atoms with Crippen LogP contribution in [0.1, 0.15) is 29.0 Å². The van der Waals surface area contributed by atoms with Crippen molar-refractivity contribution in [3.05, 3.63) is 35.7 Å². The fourth-order valence-electron chi connectivity index (χ4n) is 3.07. The van der Waals surface area contributed by atoms with Gasteiger partial charge in [-0.25, -0.2) is 4.98 Å². The molecule has 1 fully saturated rings. The van der Waals surface area contributed by atoms with Crippen LogP contribution in [0.15, 0.2) is 24.3 Å². The van der Waals surface area contributed by atoms with E-state index in [1.54, 1.807) is 32.4 Å². The van der Waals surface area contributed by atoms with E-state index in [1.165, 1.54) is 12.8 Å². The van der Waals surface area contributed by atoms with E-state index in [1.807, 2.05) is 13.0 Å². The van der Waals surface area contributed by atoms with Gasteiger partial charge in [0.15, 0.2) is 0 Å². The maximum absolute atomic E-state index is 12.4. The lowest BCUT2D eigenvalue weighted by Crippen LogP contribution is -2.28. The molecule has 0 unspecified atom stereocenters. The molecule has 1 aromatic heterocycles. The molecule has 8 heteroatoms. The monoisotopic (exact) mass is 386 g/mol. The zero-order valence-electron chi connectivity index (χ0n) is 16.5. The maximum atomic E-state index is 12.4. The lowest BCUT2D eigenvalue weighted by atomic mass is 10.2. The van der Waals surface area contributed by atoms with Crippen LogP contribution in [0.5, 0.6) is 17.4 Å². The second-order valence-corrected chi connectivity index (χ2v) is 6.51. The molecule has 1 aliphatic heterocycles. The molecule has 150 valence electrons. The van der Waals surface area contributed by atoms with Gasteiger partial charge >= 0.3 is 0 Å². The van der Waals surface area contributed by atoms with Gasteiger partial charge in [-0.1, -0.05) is 0 Å². The van der Waals surface area contributed by atoms with Crippen molar-refractivity contribution in [1.82, 2.24) is 15.3 Å². The Hall–Kier alpha value is -3.03. The molecule has 0 spiro atoms. The molecular weight excluding hydrogens is 360 g/mol. The summed E-state index contributed by atoms with van der Waals surface area (Å²) in [5, 5.41) is 2.83. The molecule has 2 aromatic rings. The van der Waals surface area contributed by atoms with Crippen LogP contribution in [0.3, 0.4) is 0 Å². The van der Waals surface area contributed by atoms with Crippen molar-refractivity contribution >= 4 is 11.7 Å².